The molecule has 0 saturated heterocycles. The number of aryl methyl sites for hydroxylation is 2. The smallest absolute Gasteiger partial charge is 0.406 e. The number of nitrogens with zero attached hydrogens (tertiary/aromatic N) is 4. The van der Waals surface area contributed by atoms with Crippen LogP contribution < -0.4 is 10.1 Å². The van der Waals surface area contributed by atoms with Crippen molar-refractivity contribution in [3.8, 4) is 17.0 Å². The molecule has 1 N–H and O–H groups in total. The highest BCUT2D eigenvalue weighted by Crippen LogP contribution is 2.46. The van der Waals surface area contributed by atoms with Crippen molar-refractivity contribution in [3.05, 3.63) is 54.2 Å². The second kappa shape index (κ2) is 9.11. The highest BCUT2D eigenvalue weighted by molar-refractivity contribution is 5.84. The maximum absolute atomic E-state index is 12.6. The third kappa shape index (κ3) is 5.45. The number of fused-ring (bicyclic) bond motifs is 1. The second-order valence-corrected chi connectivity index (χ2v) is 11.1. The molecule has 2 atom stereocenters. The van der Waals surface area contributed by atoms with Crippen molar-refractivity contribution >= 4 is 22.7 Å². The highest BCUT2D eigenvalue weighted by atomic mass is 19.4. The predicted octanol–water partition coefficient (Wildman–Crippen LogP) is 7.77. The number of ether oxygens (including phenoxy) is 1. The third-order valence-corrected chi connectivity index (χ3v) is 7.06. The lowest BCUT2D eigenvalue weighted by molar-refractivity contribution is -0.274. The number of alkyl halides is 3. The summed E-state index contributed by atoms with van der Waals surface area (Å²) in [5.41, 5.74) is 5.69. The summed E-state index contributed by atoms with van der Waals surface area (Å²) < 4.78 is 45.9. The van der Waals surface area contributed by atoms with Crippen LogP contribution >= 0.6 is 0 Å². The summed E-state index contributed by atoms with van der Waals surface area (Å²) in [4.78, 5) is 4.97. The van der Waals surface area contributed by atoms with E-state index >= 15 is 0 Å². The number of benzene rings is 2. The van der Waals surface area contributed by atoms with Crippen molar-refractivity contribution in [1.29, 1.82) is 0 Å². The van der Waals surface area contributed by atoms with Crippen molar-refractivity contribution in [1.82, 2.24) is 19.3 Å². The number of aromatic nitrogens is 4. The SMILES string of the molecule is Cc1cc(-c2ccc3c(c2)nc(Nc2ccc(OC(F)(F)F)cc2)n3[C@H]2C[C@@H](C)CC(C)(C)C2)n(C)n1. The molecule has 9 heteroatoms. The van der Waals surface area contributed by atoms with Gasteiger partial charge in [-0.05, 0) is 80.0 Å². The molecular weight excluding hydrogens is 479 g/mol. The van der Waals surface area contributed by atoms with Gasteiger partial charge in [-0.25, -0.2) is 4.98 Å². The Bertz CT molecular complexity index is 1420. The van der Waals surface area contributed by atoms with Crippen LogP contribution in [0.2, 0.25) is 0 Å². The molecule has 6 nitrogen and oxygen atoms in total. The van der Waals surface area contributed by atoms with Gasteiger partial charge < -0.3 is 14.6 Å². The maximum Gasteiger partial charge on any atom is 0.573 e. The Kier molecular flexibility index (Phi) is 6.20. The first kappa shape index (κ1) is 25.2. The molecule has 2 heterocycles. The van der Waals surface area contributed by atoms with Crippen LogP contribution in [0.15, 0.2) is 48.5 Å². The van der Waals surface area contributed by atoms with E-state index in [1.54, 1.807) is 12.1 Å². The molecule has 0 spiro atoms. The zero-order valence-electron chi connectivity index (χ0n) is 21.7. The van der Waals surface area contributed by atoms with E-state index in [0.29, 0.717) is 17.6 Å². The molecule has 196 valence electrons. The number of halogens is 3. The van der Waals surface area contributed by atoms with Gasteiger partial charge in [-0.15, -0.1) is 13.2 Å². The van der Waals surface area contributed by atoms with Gasteiger partial charge in [0.2, 0.25) is 5.95 Å². The molecule has 4 aromatic rings. The van der Waals surface area contributed by atoms with E-state index in [1.807, 2.05) is 24.7 Å². The average Bonchev–Trinajstić information content (AvgIpc) is 3.30. The molecule has 2 aromatic heterocycles. The number of anilines is 2. The summed E-state index contributed by atoms with van der Waals surface area (Å²) in [7, 11) is 1.93. The number of imidazole rings is 1. The molecule has 0 radical (unpaired) electrons. The van der Waals surface area contributed by atoms with E-state index in [4.69, 9.17) is 4.98 Å². The normalized spacial score (nSPS) is 19.8. The lowest BCUT2D eigenvalue weighted by Gasteiger charge is -2.40. The van der Waals surface area contributed by atoms with Crippen molar-refractivity contribution < 1.29 is 17.9 Å². The number of hydrogen-bond donors (Lipinski definition) is 1. The third-order valence-electron chi connectivity index (χ3n) is 7.06. The predicted molar refractivity (Wildman–Crippen MR) is 139 cm³/mol. The van der Waals surface area contributed by atoms with Crippen LogP contribution in [0.4, 0.5) is 24.8 Å². The molecule has 1 aliphatic rings. The first-order valence-electron chi connectivity index (χ1n) is 12.5. The lowest BCUT2D eigenvalue weighted by Crippen LogP contribution is -2.29. The van der Waals surface area contributed by atoms with Crippen LogP contribution in [0.3, 0.4) is 0 Å². The summed E-state index contributed by atoms with van der Waals surface area (Å²) in [6, 6.07) is 14.3. The number of nitrogens with one attached hydrogen (secondary N) is 1. The van der Waals surface area contributed by atoms with Crippen molar-refractivity contribution in [2.24, 2.45) is 18.4 Å². The van der Waals surface area contributed by atoms with Crippen molar-refractivity contribution in [2.75, 3.05) is 5.32 Å². The van der Waals surface area contributed by atoms with Crippen molar-refractivity contribution in [2.45, 2.75) is 59.4 Å². The molecule has 0 aliphatic heterocycles. The first-order chi connectivity index (χ1) is 17.4. The van der Waals surface area contributed by atoms with Crippen LogP contribution in [0.25, 0.3) is 22.3 Å². The molecule has 0 bridgehead atoms. The molecule has 0 amide bonds. The Morgan fingerprint density at radius 3 is 2.41 bits per heavy atom. The Morgan fingerprint density at radius 1 is 1.05 bits per heavy atom. The van der Waals surface area contributed by atoms with Gasteiger partial charge >= 0.3 is 6.36 Å². The van der Waals surface area contributed by atoms with Gasteiger partial charge in [-0.1, -0.05) is 26.8 Å². The second-order valence-electron chi connectivity index (χ2n) is 11.1. The molecule has 1 fully saturated rings. The van der Waals surface area contributed by atoms with E-state index in [0.717, 1.165) is 40.8 Å². The standard InChI is InChI=1S/C28H32F3N5O/c1-17-12-21(16-27(3,4)15-17)36-24-11-6-19(25-13-18(2)34-35(25)5)14-23(24)33-26(36)32-20-7-9-22(10-8-20)37-28(29,30)31/h6-11,13-14,17,21H,12,15-16H2,1-5H3,(H,32,33)/t17-,21+/m1/s1. The minimum absolute atomic E-state index is 0.193. The average molecular weight is 512 g/mol. The summed E-state index contributed by atoms with van der Waals surface area (Å²) in [5, 5.41) is 7.83. The first-order valence-corrected chi connectivity index (χ1v) is 12.5. The molecule has 0 unspecified atom stereocenters. The molecule has 1 saturated carbocycles. The lowest BCUT2D eigenvalue weighted by atomic mass is 9.70. The van der Waals surface area contributed by atoms with E-state index in [9.17, 15) is 13.2 Å². The Balaban J connectivity index is 1.56. The van der Waals surface area contributed by atoms with Crippen molar-refractivity contribution in [3.63, 3.8) is 0 Å². The Labute approximate surface area is 214 Å². The molecule has 5 rings (SSSR count). The fourth-order valence-electron chi connectivity index (χ4n) is 5.96. The monoisotopic (exact) mass is 511 g/mol. The van der Waals surface area contributed by atoms with Gasteiger partial charge in [0.15, 0.2) is 0 Å². The molecule has 37 heavy (non-hydrogen) atoms. The summed E-state index contributed by atoms with van der Waals surface area (Å²) in [5.74, 6) is 0.979. The fraction of sp³-hybridized carbons (Fsp3) is 0.429. The zero-order valence-corrected chi connectivity index (χ0v) is 21.7. The molecular formula is C28H32F3N5O. The van der Waals surface area contributed by atoms with Gasteiger partial charge in [0.25, 0.3) is 0 Å². The summed E-state index contributed by atoms with van der Waals surface area (Å²) >= 11 is 0. The van der Waals surface area contributed by atoms with Gasteiger partial charge in [-0.3, -0.25) is 4.68 Å². The maximum atomic E-state index is 12.6. The van der Waals surface area contributed by atoms with E-state index < -0.39 is 6.36 Å². The Hall–Kier alpha value is -3.49. The van der Waals surface area contributed by atoms with Gasteiger partial charge in [-0.2, -0.15) is 5.10 Å². The quantitative estimate of drug-likeness (QED) is 0.297. The minimum Gasteiger partial charge on any atom is -0.406 e. The molecule has 1 aliphatic carbocycles. The van der Waals surface area contributed by atoms with Crippen LogP contribution in [-0.4, -0.2) is 25.7 Å². The highest BCUT2D eigenvalue weighted by Gasteiger charge is 2.35. The van der Waals surface area contributed by atoms with Crippen LogP contribution in [-0.2, 0) is 7.05 Å². The van der Waals surface area contributed by atoms with E-state index in [1.165, 1.54) is 18.6 Å². The van der Waals surface area contributed by atoms with Gasteiger partial charge in [0, 0.05) is 24.3 Å². The largest absolute Gasteiger partial charge is 0.573 e. The van der Waals surface area contributed by atoms with E-state index in [2.05, 4.69) is 58.7 Å². The number of hydrogen-bond acceptors (Lipinski definition) is 4. The zero-order chi connectivity index (χ0) is 26.5. The fourth-order valence-corrected chi connectivity index (χ4v) is 5.96. The van der Waals surface area contributed by atoms with Crippen LogP contribution in [0, 0.1) is 18.3 Å². The van der Waals surface area contributed by atoms with Gasteiger partial charge in [0.1, 0.15) is 5.75 Å². The number of rotatable bonds is 5. The summed E-state index contributed by atoms with van der Waals surface area (Å²) in [6.45, 7) is 8.88. The van der Waals surface area contributed by atoms with Crippen LogP contribution in [0.5, 0.6) is 5.75 Å². The van der Waals surface area contributed by atoms with Crippen LogP contribution in [0.1, 0.15) is 51.8 Å². The Morgan fingerprint density at radius 2 is 1.78 bits per heavy atom. The molecule has 2 aromatic carbocycles. The summed E-state index contributed by atoms with van der Waals surface area (Å²) in [6.07, 6.45) is -1.51. The van der Waals surface area contributed by atoms with E-state index in [-0.39, 0.29) is 17.2 Å². The minimum atomic E-state index is -4.72. The topological polar surface area (TPSA) is 56.9 Å². The van der Waals surface area contributed by atoms with Gasteiger partial charge in [0.05, 0.1) is 22.4 Å².